The fourth-order valence-electron chi connectivity index (χ4n) is 2.97. The molecule has 0 radical (unpaired) electrons. The fourth-order valence-corrected chi connectivity index (χ4v) is 4.01. The first-order valence-corrected chi connectivity index (χ1v) is 9.85. The van der Waals surface area contributed by atoms with Crippen LogP contribution in [0.5, 0.6) is 0 Å². The summed E-state index contributed by atoms with van der Waals surface area (Å²) in [4.78, 5) is 19.1. The van der Waals surface area contributed by atoms with Gasteiger partial charge in [0, 0.05) is 24.2 Å². The highest BCUT2D eigenvalue weighted by atomic mass is 35.5. The normalized spacial score (nSPS) is 14.8. The van der Waals surface area contributed by atoms with Gasteiger partial charge in [-0.3, -0.25) is 4.79 Å². The number of hydrogen-bond donors (Lipinski definition) is 1. The van der Waals surface area contributed by atoms with Crippen molar-refractivity contribution in [1.29, 1.82) is 0 Å². The summed E-state index contributed by atoms with van der Waals surface area (Å²) in [5.41, 5.74) is 2.58. The zero-order valence-corrected chi connectivity index (χ0v) is 16.1. The molecule has 3 aromatic rings. The maximum Gasteiger partial charge on any atom is 0.248 e. The number of nitrogens with zero attached hydrogens (tertiary/aromatic N) is 2. The highest BCUT2D eigenvalue weighted by molar-refractivity contribution is 7.19. The molecule has 7 heteroatoms. The SMILES string of the molecule is O=C(/C=C/c1nc2ccccc2s1)Nc1cc(Cl)ccc1N1CCOCC1. The zero-order valence-electron chi connectivity index (χ0n) is 14.5. The summed E-state index contributed by atoms with van der Waals surface area (Å²) in [5, 5.41) is 4.31. The minimum absolute atomic E-state index is 0.217. The number of aromatic nitrogens is 1. The average molecular weight is 400 g/mol. The summed E-state index contributed by atoms with van der Waals surface area (Å²) >= 11 is 7.69. The van der Waals surface area contributed by atoms with E-state index >= 15 is 0 Å². The molecule has 1 saturated heterocycles. The number of morpholine rings is 1. The number of fused-ring (bicyclic) bond motifs is 1. The van der Waals surface area contributed by atoms with E-state index in [0.717, 1.165) is 34.0 Å². The number of rotatable bonds is 4. The molecule has 0 unspecified atom stereocenters. The van der Waals surface area contributed by atoms with Gasteiger partial charge in [-0.2, -0.15) is 0 Å². The number of thiazole rings is 1. The number of nitrogens with one attached hydrogen (secondary N) is 1. The van der Waals surface area contributed by atoms with Crippen molar-refractivity contribution in [1.82, 2.24) is 4.98 Å². The highest BCUT2D eigenvalue weighted by Crippen LogP contribution is 2.30. The number of halogens is 1. The van der Waals surface area contributed by atoms with E-state index in [2.05, 4.69) is 15.2 Å². The molecule has 1 aliphatic heterocycles. The van der Waals surface area contributed by atoms with Crippen LogP contribution in [0, 0.1) is 0 Å². The van der Waals surface area contributed by atoms with Gasteiger partial charge in [0.1, 0.15) is 5.01 Å². The summed E-state index contributed by atoms with van der Waals surface area (Å²) < 4.78 is 6.51. The van der Waals surface area contributed by atoms with Gasteiger partial charge in [-0.15, -0.1) is 11.3 Å². The predicted octanol–water partition coefficient (Wildman–Crippen LogP) is 4.44. The molecule has 2 aromatic carbocycles. The second kappa shape index (κ2) is 8.08. The highest BCUT2D eigenvalue weighted by Gasteiger charge is 2.16. The number of carbonyl (C=O) groups excluding carboxylic acids is 1. The van der Waals surface area contributed by atoms with Crippen LogP contribution in [0.2, 0.25) is 5.02 Å². The van der Waals surface area contributed by atoms with Gasteiger partial charge in [-0.1, -0.05) is 23.7 Å². The van der Waals surface area contributed by atoms with Crippen molar-refractivity contribution in [2.24, 2.45) is 0 Å². The fraction of sp³-hybridized carbons (Fsp3) is 0.200. The molecule has 1 aliphatic rings. The lowest BCUT2D eigenvalue weighted by Gasteiger charge is -2.30. The van der Waals surface area contributed by atoms with Crippen molar-refractivity contribution in [2.75, 3.05) is 36.5 Å². The first-order chi connectivity index (χ1) is 13.2. The van der Waals surface area contributed by atoms with Crippen LogP contribution in [-0.4, -0.2) is 37.2 Å². The van der Waals surface area contributed by atoms with Crippen LogP contribution in [0.1, 0.15) is 5.01 Å². The Morgan fingerprint density at radius 2 is 2.04 bits per heavy atom. The number of hydrogen-bond acceptors (Lipinski definition) is 5. The topological polar surface area (TPSA) is 54.5 Å². The van der Waals surface area contributed by atoms with Crippen molar-refractivity contribution >= 4 is 56.5 Å². The van der Waals surface area contributed by atoms with Crippen molar-refractivity contribution in [3.05, 3.63) is 58.6 Å². The lowest BCUT2D eigenvalue weighted by atomic mass is 10.2. The zero-order chi connectivity index (χ0) is 18.6. The molecule has 2 heterocycles. The molecular formula is C20H18ClN3O2S. The Labute approximate surface area is 166 Å². The van der Waals surface area contributed by atoms with Gasteiger partial charge >= 0.3 is 0 Å². The van der Waals surface area contributed by atoms with Crippen molar-refractivity contribution < 1.29 is 9.53 Å². The van der Waals surface area contributed by atoms with Crippen molar-refractivity contribution in [2.45, 2.75) is 0 Å². The van der Waals surface area contributed by atoms with E-state index in [1.165, 1.54) is 6.08 Å². The number of amides is 1. The van der Waals surface area contributed by atoms with Crippen molar-refractivity contribution in [3.8, 4) is 0 Å². The molecule has 0 saturated carbocycles. The van der Waals surface area contributed by atoms with Crippen LogP contribution in [0.3, 0.4) is 0 Å². The minimum Gasteiger partial charge on any atom is -0.378 e. The van der Waals surface area contributed by atoms with Crippen LogP contribution < -0.4 is 10.2 Å². The Kier molecular flexibility index (Phi) is 5.38. The average Bonchev–Trinajstić information content (AvgIpc) is 3.10. The molecular weight excluding hydrogens is 382 g/mol. The predicted molar refractivity (Wildman–Crippen MR) is 112 cm³/mol. The summed E-state index contributed by atoms with van der Waals surface area (Å²) in [6.07, 6.45) is 3.24. The van der Waals surface area contributed by atoms with Crippen LogP contribution in [0.25, 0.3) is 16.3 Å². The Bertz CT molecular complexity index is 963. The standard InChI is InChI=1S/C20H18ClN3O2S/c21-14-5-6-17(24-9-11-26-12-10-24)16(13-14)22-19(25)7-8-20-23-15-3-1-2-4-18(15)27-20/h1-8,13H,9-12H2,(H,22,25)/b8-7+. The van der Waals surface area contributed by atoms with E-state index in [0.29, 0.717) is 23.9 Å². The largest absolute Gasteiger partial charge is 0.378 e. The number of ether oxygens (including phenoxy) is 1. The number of para-hydroxylation sites is 1. The summed E-state index contributed by atoms with van der Waals surface area (Å²) in [6.45, 7) is 2.92. The van der Waals surface area contributed by atoms with E-state index in [1.807, 2.05) is 36.4 Å². The maximum atomic E-state index is 12.4. The molecule has 4 rings (SSSR count). The molecule has 27 heavy (non-hydrogen) atoms. The third-order valence-corrected chi connectivity index (χ3v) is 5.49. The third-order valence-electron chi connectivity index (χ3n) is 4.26. The maximum absolute atomic E-state index is 12.4. The molecule has 1 aromatic heterocycles. The summed E-state index contributed by atoms with van der Waals surface area (Å²) in [7, 11) is 0. The van der Waals surface area contributed by atoms with Crippen molar-refractivity contribution in [3.63, 3.8) is 0 Å². The molecule has 1 amide bonds. The van der Waals surface area contributed by atoms with E-state index in [-0.39, 0.29) is 5.91 Å². The molecule has 0 aliphatic carbocycles. The molecule has 0 atom stereocenters. The Morgan fingerprint density at radius 3 is 2.85 bits per heavy atom. The lowest BCUT2D eigenvalue weighted by molar-refractivity contribution is -0.111. The lowest BCUT2D eigenvalue weighted by Crippen LogP contribution is -2.36. The van der Waals surface area contributed by atoms with Gasteiger partial charge < -0.3 is 15.0 Å². The van der Waals surface area contributed by atoms with Gasteiger partial charge in [0.2, 0.25) is 5.91 Å². The second-order valence-electron chi connectivity index (χ2n) is 6.10. The molecule has 1 fully saturated rings. The van der Waals surface area contributed by atoms with E-state index < -0.39 is 0 Å². The molecule has 0 spiro atoms. The van der Waals surface area contributed by atoms with E-state index in [9.17, 15) is 4.79 Å². The van der Waals surface area contributed by atoms with Gasteiger partial charge in [0.05, 0.1) is 34.8 Å². The first kappa shape index (κ1) is 18.0. The van der Waals surface area contributed by atoms with Gasteiger partial charge in [0.25, 0.3) is 0 Å². The minimum atomic E-state index is -0.217. The first-order valence-electron chi connectivity index (χ1n) is 8.66. The van der Waals surface area contributed by atoms with E-state index in [4.69, 9.17) is 16.3 Å². The monoisotopic (exact) mass is 399 g/mol. The van der Waals surface area contributed by atoms with Crippen LogP contribution in [-0.2, 0) is 9.53 Å². The van der Waals surface area contributed by atoms with Gasteiger partial charge in [-0.25, -0.2) is 4.98 Å². The van der Waals surface area contributed by atoms with Crippen LogP contribution >= 0.6 is 22.9 Å². The molecule has 0 bridgehead atoms. The molecule has 138 valence electrons. The number of carbonyl (C=O) groups is 1. The van der Waals surface area contributed by atoms with Gasteiger partial charge in [-0.05, 0) is 36.4 Å². The van der Waals surface area contributed by atoms with Gasteiger partial charge in [0.15, 0.2) is 0 Å². The quantitative estimate of drug-likeness (QED) is 0.659. The Hall–Kier alpha value is -2.41. The van der Waals surface area contributed by atoms with Crippen LogP contribution in [0.4, 0.5) is 11.4 Å². The van der Waals surface area contributed by atoms with Crippen LogP contribution in [0.15, 0.2) is 48.5 Å². The molecule has 5 nitrogen and oxygen atoms in total. The Balaban J connectivity index is 1.51. The smallest absolute Gasteiger partial charge is 0.248 e. The summed E-state index contributed by atoms with van der Waals surface area (Å²) in [5.74, 6) is -0.217. The third kappa shape index (κ3) is 4.30. The molecule has 1 N–H and O–H groups in total. The number of anilines is 2. The number of benzene rings is 2. The Morgan fingerprint density at radius 1 is 1.22 bits per heavy atom. The second-order valence-corrected chi connectivity index (χ2v) is 7.60. The summed E-state index contributed by atoms with van der Waals surface area (Å²) in [6, 6.07) is 13.5. The van der Waals surface area contributed by atoms with E-state index in [1.54, 1.807) is 23.5 Å².